The first-order valence-corrected chi connectivity index (χ1v) is 5.59. The van der Waals surface area contributed by atoms with E-state index in [0.29, 0.717) is 11.5 Å². The van der Waals surface area contributed by atoms with Crippen LogP contribution in [0.25, 0.3) is 0 Å². The minimum absolute atomic E-state index is 0.434. The standard InChI is InChI=1S/C12H25N/c1-8(2)11-9(12(3,4)5)6-7-10(11)13/h8-11H,6-7,13H2,1-5H3. The fourth-order valence-electron chi connectivity index (χ4n) is 3.02. The fourth-order valence-corrected chi connectivity index (χ4v) is 3.02. The van der Waals surface area contributed by atoms with Crippen molar-refractivity contribution in [2.75, 3.05) is 0 Å². The average molecular weight is 183 g/mol. The molecule has 0 spiro atoms. The third kappa shape index (κ3) is 2.25. The van der Waals surface area contributed by atoms with Gasteiger partial charge in [-0.1, -0.05) is 34.6 Å². The van der Waals surface area contributed by atoms with E-state index < -0.39 is 0 Å². The Morgan fingerprint density at radius 2 is 1.69 bits per heavy atom. The van der Waals surface area contributed by atoms with Gasteiger partial charge in [0, 0.05) is 6.04 Å². The van der Waals surface area contributed by atoms with E-state index in [-0.39, 0.29) is 0 Å². The zero-order valence-electron chi connectivity index (χ0n) is 9.80. The molecule has 1 rings (SSSR count). The Morgan fingerprint density at radius 3 is 2.00 bits per heavy atom. The summed E-state index contributed by atoms with van der Waals surface area (Å²) in [4.78, 5) is 0. The first kappa shape index (κ1) is 11.0. The molecule has 3 atom stereocenters. The largest absolute Gasteiger partial charge is 0.327 e. The van der Waals surface area contributed by atoms with Crippen LogP contribution in [0.4, 0.5) is 0 Å². The van der Waals surface area contributed by atoms with Crippen molar-refractivity contribution in [2.24, 2.45) is 28.9 Å². The summed E-state index contributed by atoms with van der Waals surface area (Å²) in [5.41, 5.74) is 6.60. The molecule has 0 aliphatic heterocycles. The molecule has 1 fully saturated rings. The lowest BCUT2D eigenvalue weighted by atomic mass is 9.70. The van der Waals surface area contributed by atoms with Crippen LogP contribution < -0.4 is 5.73 Å². The van der Waals surface area contributed by atoms with Crippen LogP contribution in [0.5, 0.6) is 0 Å². The van der Waals surface area contributed by atoms with Crippen LogP contribution in [0.15, 0.2) is 0 Å². The van der Waals surface area contributed by atoms with E-state index in [9.17, 15) is 0 Å². The normalized spacial score (nSPS) is 35.8. The van der Waals surface area contributed by atoms with E-state index in [4.69, 9.17) is 5.73 Å². The molecule has 1 heteroatoms. The van der Waals surface area contributed by atoms with Gasteiger partial charge in [-0.3, -0.25) is 0 Å². The molecular weight excluding hydrogens is 158 g/mol. The fraction of sp³-hybridized carbons (Fsp3) is 1.00. The molecule has 0 heterocycles. The van der Waals surface area contributed by atoms with E-state index in [0.717, 1.165) is 17.8 Å². The highest BCUT2D eigenvalue weighted by Gasteiger charge is 2.41. The molecule has 3 unspecified atom stereocenters. The molecule has 1 nitrogen and oxygen atoms in total. The quantitative estimate of drug-likeness (QED) is 0.664. The van der Waals surface area contributed by atoms with Gasteiger partial charge in [0.25, 0.3) is 0 Å². The Morgan fingerprint density at radius 1 is 1.15 bits per heavy atom. The van der Waals surface area contributed by atoms with Gasteiger partial charge < -0.3 is 5.73 Å². The first-order chi connectivity index (χ1) is 5.84. The first-order valence-electron chi connectivity index (χ1n) is 5.59. The second-order valence-corrected chi connectivity index (χ2v) is 6.04. The van der Waals surface area contributed by atoms with Crippen LogP contribution in [-0.2, 0) is 0 Å². The second kappa shape index (κ2) is 3.61. The Balaban J connectivity index is 2.76. The summed E-state index contributed by atoms with van der Waals surface area (Å²) in [6.07, 6.45) is 2.55. The van der Waals surface area contributed by atoms with E-state index >= 15 is 0 Å². The van der Waals surface area contributed by atoms with E-state index in [1.807, 2.05) is 0 Å². The van der Waals surface area contributed by atoms with E-state index in [1.54, 1.807) is 0 Å². The van der Waals surface area contributed by atoms with Crippen molar-refractivity contribution in [3.63, 3.8) is 0 Å². The van der Waals surface area contributed by atoms with Gasteiger partial charge in [-0.25, -0.2) is 0 Å². The molecule has 0 aromatic heterocycles. The van der Waals surface area contributed by atoms with Crippen molar-refractivity contribution >= 4 is 0 Å². The highest BCUT2D eigenvalue weighted by atomic mass is 14.7. The van der Waals surface area contributed by atoms with Crippen LogP contribution in [0.3, 0.4) is 0 Å². The predicted octanol–water partition coefficient (Wildman–Crippen LogP) is 3.04. The monoisotopic (exact) mass is 183 g/mol. The van der Waals surface area contributed by atoms with Crippen molar-refractivity contribution in [3.8, 4) is 0 Å². The summed E-state index contributed by atoms with van der Waals surface area (Å²) < 4.78 is 0. The minimum Gasteiger partial charge on any atom is -0.327 e. The van der Waals surface area contributed by atoms with Gasteiger partial charge in [-0.05, 0) is 36.0 Å². The summed E-state index contributed by atoms with van der Waals surface area (Å²) in [5, 5.41) is 0. The van der Waals surface area contributed by atoms with E-state index in [2.05, 4.69) is 34.6 Å². The molecule has 0 radical (unpaired) electrons. The van der Waals surface area contributed by atoms with Crippen LogP contribution in [0.2, 0.25) is 0 Å². The van der Waals surface area contributed by atoms with Gasteiger partial charge in [0.15, 0.2) is 0 Å². The van der Waals surface area contributed by atoms with Crippen molar-refractivity contribution in [2.45, 2.75) is 53.5 Å². The van der Waals surface area contributed by atoms with Gasteiger partial charge in [0.2, 0.25) is 0 Å². The summed E-state index contributed by atoms with van der Waals surface area (Å²) in [7, 11) is 0. The number of nitrogens with two attached hydrogens (primary N) is 1. The van der Waals surface area contributed by atoms with Crippen LogP contribution in [-0.4, -0.2) is 6.04 Å². The Hall–Kier alpha value is -0.0400. The highest BCUT2D eigenvalue weighted by molar-refractivity contribution is 4.93. The molecular formula is C12H25N. The number of hydrogen-bond acceptors (Lipinski definition) is 1. The Bertz CT molecular complexity index is 166. The Kier molecular flexibility index (Phi) is 3.06. The van der Waals surface area contributed by atoms with Crippen molar-refractivity contribution < 1.29 is 0 Å². The topological polar surface area (TPSA) is 26.0 Å². The van der Waals surface area contributed by atoms with Crippen molar-refractivity contribution in [1.29, 1.82) is 0 Å². The summed E-state index contributed by atoms with van der Waals surface area (Å²) >= 11 is 0. The van der Waals surface area contributed by atoms with Gasteiger partial charge in [0.1, 0.15) is 0 Å². The maximum absolute atomic E-state index is 6.17. The molecule has 2 N–H and O–H groups in total. The molecule has 0 bridgehead atoms. The summed E-state index contributed by atoms with van der Waals surface area (Å²) in [6.45, 7) is 11.7. The molecule has 0 saturated heterocycles. The van der Waals surface area contributed by atoms with Crippen molar-refractivity contribution in [3.05, 3.63) is 0 Å². The lowest BCUT2D eigenvalue weighted by molar-refractivity contribution is 0.143. The third-order valence-electron chi connectivity index (χ3n) is 3.65. The van der Waals surface area contributed by atoms with Gasteiger partial charge >= 0.3 is 0 Å². The lowest BCUT2D eigenvalue weighted by Gasteiger charge is -2.35. The third-order valence-corrected chi connectivity index (χ3v) is 3.65. The average Bonchev–Trinajstić information content (AvgIpc) is 2.28. The maximum Gasteiger partial charge on any atom is 0.00725 e. The molecule has 0 amide bonds. The zero-order chi connectivity index (χ0) is 10.2. The maximum atomic E-state index is 6.17. The minimum atomic E-state index is 0.434. The van der Waals surface area contributed by atoms with Crippen molar-refractivity contribution in [1.82, 2.24) is 0 Å². The van der Waals surface area contributed by atoms with Crippen LogP contribution in [0, 0.1) is 23.2 Å². The summed E-state index contributed by atoms with van der Waals surface area (Å²) in [6, 6.07) is 0.448. The molecule has 13 heavy (non-hydrogen) atoms. The predicted molar refractivity (Wildman–Crippen MR) is 58.5 cm³/mol. The molecule has 1 aliphatic carbocycles. The van der Waals surface area contributed by atoms with Gasteiger partial charge in [-0.15, -0.1) is 0 Å². The van der Waals surface area contributed by atoms with E-state index in [1.165, 1.54) is 12.8 Å². The van der Waals surface area contributed by atoms with Gasteiger partial charge in [0.05, 0.1) is 0 Å². The van der Waals surface area contributed by atoms with Gasteiger partial charge in [-0.2, -0.15) is 0 Å². The molecule has 78 valence electrons. The molecule has 0 aromatic carbocycles. The zero-order valence-corrected chi connectivity index (χ0v) is 9.80. The number of hydrogen-bond donors (Lipinski definition) is 1. The van der Waals surface area contributed by atoms with Crippen LogP contribution in [0.1, 0.15) is 47.5 Å². The molecule has 1 aliphatic rings. The Labute approximate surface area is 83.1 Å². The molecule has 0 aromatic rings. The second-order valence-electron chi connectivity index (χ2n) is 6.04. The highest BCUT2D eigenvalue weighted by Crippen LogP contribution is 2.45. The number of rotatable bonds is 1. The SMILES string of the molecule is CC(C)C1C(N)CCC1C(C)(C)C. The summed E-state index contributed by atoms with van der Waals surface area (Å²) in [5.74, 6) is 2.30. The molecule has 1 saturated carbocycles. The van der Waals surface area contributed by atoms with Crippen LogP contribution >= 0.6 is 0 Å². The smallest absolute Gasteiger partial charge is 0.00725 e. The lowest BCUT2D eigenvalue weighted by Crippen LogP contribution is -2.36.